The Kier molecular flexibility index (Phi) is 3.86. The van der Waals surface area contributed by atoms with Crippen molar-refractivity contribution < 1.29 is 9.53 Å². The molecule has 2 aromatic rings. The molecule has 0 N–H and O–H groups in total. The fraction of sp³-hybridized carbons (Fsp3) is 0.294. The fourth-order valence-corrected chi connectivity index (χ4v) is 2.69. The highest BCUT2D eigenvalue weighted by Crippen LogP contribution is 2.24. The number of carbonyl (C=O) groups excluding carboxylic acids is 1. The standard InChI is InChI=1S/C17H18N2O2/c1-21-15-8-7-14-12-19(10-4-5-13(14)11-15)17(20)16-6-2-3-9-18-16/h2-3,6-9,11H,4-5,10,12H2,1H3. The summed E-state index contributed by atoms with van der Waals surface area (Å²) in [6.45, 7) is 1.39. The van der Waals surface area contributed by atoms with Crippen molar-refractivity contribution in [2.24, 2.45) is 0 Å². The fourth-order valence-electron chi connectivity index (χ4n) is 2.69. The van der Waals surface area contributed by atoms with Crippen molar-refractivity contribution in [1.29, 1.82) is 0 Å². The van der Waals surface area contributed by atoms with Crippen molar-refractivity contribution in [2.75, 3.05) is 13.7 Å². The number of rotatable bonds is 2. The summed E-state index contributed by atoms with van der Waals surface area (Å²) in [6, 6.07) is 11.5. The third kappa shape index (κ3) is 2.89. The lowest BCUT2D eigenvalue weighted by Gasteiger charge is -2.20. The minimum atomic E-state index is -0.000678. The average Bonchev–Trinajstić information content (AvgIpc) is 2.76. The SMILES string of the molecule is COc1ccc2c(c1)CCCN(C(=O)c1ccccn1)C2. The second kappa shape index (κ2) is 5.95. The number of ether oxygens (including phenoxy) is 1. The Balaban J connectivity index is 1.84. The van der Waals surface area contributed by atoms with Crippen LogP contribution < -0.4 is 4.74 Å². The molecule has 1 aromatic carbocycles. The van der Waals surface area contributed by atoms with Gasteiger partial charge in [-0.1, -0.05) is 12.1 Å². The van der Waals surface area contributed by atoms with Crippen LogP contribution in [-0.4, -0.2) is 29.4 Å². The molecule has 4 heteroatoms. The molecule has 0 unspecified atom stereocenters. The van der Waals surface area contributed by atoms with E-state index in [1.54, 1.807) is 19.4 Å². The van der Waals surface area contributed by atoms with Gasteiger partial charge in [0.05, 0.1) is 7.11 Å². The molecular weight excluding hydrogens is 264 g/mol. The van der Waals surface area contributed by atoms with Crippen LogP contribution in [0.1, 0.15) is 28.0 Å². The summed E-state index contributed by atoms with van der Waals surface area (Å²) in [4.78, 5) is 18.6. The van der Waals surface area contributed by atoms with Crippen molar-refractivity contribution in [1.82, 2.24) is 9.88 Å². The highest BCUT2D eigenvalue weighted by atomic mass is 16.5. The molecule has 0 saturated carbocycles. The number of benzene rings is 1. The molecule has 0 radical (unpaired) electrons. The Labute approximate surface area is 124 Å². The Bertz CT molecular complexity index is 640. The second-order valence-electron chi connectivity index (χ2n) is 5.18. The monoisotopic (exact) mass is 282 g/mol. The molecule has 0 atom stereocenters. The molecule has 0 spiro atoms. The summed E-state index contributed by atoms with van der Waals surface area (Å²) in [5.41, 5.74) is 2.97. The summed E-state index contributed by atoms with van der Waals surface area (Å²) in [7, 11) is 1.68. The van der Waals surface area contributed by atoms with Crippen LogP contribution >= 0.6 is 0 Å². The van der Waals surface area contributed by atoms with Gasteiger partial charge in [0.2, 0.25) is 0 Å². The number of nitrogens with zero attached hydrogens (tertiary/aromatic N) is 2. The molecule has 4 nitrogen and oxygen atoms in total. The minimum Gasteiger partial charge on any atom is -0.497 e. The number of fused-ring (bicyclic) bond motifs is 1. The Morgan fingerprint density at radius 2 is 2.14 bits per heavy atom. The largest absolute Gasteiger partial charge is 0.497 e. The summed E-state index contributed by atoms with van der Waals surface area (Å²) < 4.78 is 5.27. The molecule has 0 aliphatic carbocycles. The van der Waals surface area contributed by atoms with Crippen molar-refractivity contribution in [2.45, 2.75) is 19.4 Å². The van der Waals surface area contributed by atoms with E-state index in [-0.39, 0.29) is 5.91 Å². The van der Waals surface area contributed by atoms with Gasteiger partial charge in [-0.2, -0.15) is 0 Å². The van der Waals surface area contributed by atoms with E-state index >= 15 is 0 Å². The number of hydrogen-bond donors (Lipinski definition) is 0. The van der Waals surface area contributed by atoms with Crippen molar-refractivity contribution in [3.05, 3.63) is 59.4 Å². The number of methoxy groups -OCH3 is 1. The predicted octanol–water partition coefficient (Wildman–Crippen LogP) is 2.68. The molecule has 21 heavy (non-hydrogen) atoms. The van der Waals surface area contributed by atoms with Crippen molar-refractivity contribution in [3.63, 3.8) is 0 Å². The molecule has 0 fully saturated rings. The first-order valence-electron chi connectivity index (χ1n) is 7.14. The molecule has 1 amide bonds. The number of aryl methyl sites for hydroxylation is 1. The lowest BCUT2D eigenvalue weighted by atomic mass is 10.0. The molecule has 1 aliphatic rings. The quantitative estimate of drug-likeness (QED) is 0.850. The molecular formula is C17H18N2O2. The first-order valence-corrected chi connectivity index (χ1v) is 7.14. The average molecular weight is 282 g/mol. The minimum absolute atomic E-state index is 0.000678. The Hall–Kier alpha value is -2.36. The summed E-state index contributed by atoms with van der Waals surface area (Å²) in [6.07, 6.45) is 3.58. The smallest absolute Gasteiger partial charge is 0.272 e. The lowest BCUT2D eigenvalue weighted by molar-refractivity contribution is 0.0740. The zero-order valence-corrected chi connectivity index (χ0v) is 12.1. The number of hydrogen-bond acceptors (Lipinski definition) is 3. The van der Waals surface area contributed by atoms with Crippen LogP contribution in [0.25, 0.3) is 0 Å². The van der Waals surface area contributed by atoms with Crippen LogP contribution in [0.5, 0.6) is 5.75 Å². The van der Waals surface area contributed by atoms with Gasteiger partial charge in [-0.15, -0.1) is 0 Å². The normalized spacial score (nSPS) is 14.2. The number of pyridine rings is 1. The van der Waals surface area contributed by atoms with Gasteiger partial charge in [-0.25, -0.2) is 0 Å². The molecule has 1 aliphatic heterocycles. The van der Waals surface area contributed by atoms with Crippen molar-refractivity contribution in [3.8, 4) is 5.75 Å². The molecule has 2 heterocycles. The van der Waals surface area contributed by atoms with Gasteiger partial charge in [0, 0.05) is 19.3 Å². The van der Waals surface area contributed by atoms with Crippen LogP contribution in [0.3, 0.4) is 0 Å². The van der Waals surface area contributed by atoms with Crippen LogP contribution in [-0.2, 0) is 13.0 Å². The van der Waals surface area contributed by atoms with Gasteiger partial charge in [-0.05, 0) is 48.2 Å². The predicted molar refractivity (Wildman–Crippen MR) is 80.3 cm³/mol. The van der Waals surface area contributed by atoms with E-state index in [1.165, 1.54) is 11.1 Å². The van der Waals surface area contributed by atoms with Crippen LogP contribution in [0, 0.1) is 0 Å². The first-order chi connectivity index (χ1) is 10.3. The van der Waals surface area contributed by atoms with E-state index in [1.807, 2.05) is 23.1 Å². The molecule has 3 rings (SSSR count). The van der Waals surface area contributed by atoms with E-state index in [4.69, 9.17) is 4.74 Å². The maximum atomic E-state index is 12.5. The van der Waals surface area contributed by atoms with Gasteiger partial charge in [0.1, 0.15) is 11.4 Å². The summed E-state index contributed by atoms with van der Waals surface area (Å²) in [5, 5.41) is 0. The van der Waals surface area contributed by atoms with Crippen LogP contribution in [0.15, 0.2) is 42.6 Å². The topological polar surface area (TPSA) is 42.4 Å². The Morgan fingerprint density at radius 3 is 2.90 bits per heavy atom. The van der Waals surface area contributed by atoms with E-state index in [0.29, 0.717) is 12.2 Å². The van der Waals surface area contributed by atoms with Crippen LogP contribution in [0.4, 0.5) is 0 Å². The van der Waals surface area contributed by atoms with Crippen molar-refractivity contribution >= 4 is 5.91 Å². The molecule has 1 aromatic heterocycles. The molecule has 0 bridgehead atoms. The zero-order valence-electron chi connectivity index (χ0n) is 12.1. The maximum absolute atomic E-state index is 12.5. The number of aromatic nitrogens is 1. The summed E-state index contributed by atoms with van der Waals surface area (Å²) in [5.74, 6) is 0.873. The first kappa shape index (κ1) is 13.6. The van der Waals surface area contributed by atoms with E-state index in [0.717, 1.165) is 25.1 Å². The highest BCUT2D eigenvalue weighted by Gasteiger charge is 2.21. The van der Waals surface area contributed by atoms with Crippen LogP contribution in [0.2, 0.25) is 0 Å². The van der Waals surface area contributed by atoms with E-state index in [9.17, 15) is 4.79 Å². The Morgan fingerprint density at radius 1 is 1.24 bits per heavy atom. The number of amides is 1. The van der Waals surface area contributed by atoms with E-state index in [2.05, 4.69) is 17.1 Å². The second-order valence-corrected chi connectivity index (χ2v) is 5.18. The third-order valence-corrected chi connectivity index (χ3v) is 3.82. The molecule has 108 valence electrons. The number of carbonyl (C=O) groups is 1. The van der Waals surface area contributed by atoms with Gasteiger partial charge in [0.25, 0.3) is 5.91 Å². The molecule has 0 saturated heterocycles. The van der Waals surface area contributed by atoms with Gasteiger partial charge in [0.15, 0.2) is 0 Å². The van der Waals surface area contributed by atoms with Gasteiger partial charge in [-0.3, -0.25) is 9.78 Å². The third-order valence-electron chi connectivity index (χ3n) is 3.82. The van der Waals surface area contributed by atoms with E-state index < -0.39 is 0 Å². The van der Waals surface area contributed by atoms with Gasteiger partial charge < -0.3 is 9.64 Å². The maximum Gasteiger partial charge on any atom is 0.272 e. The highest BCUT2D eigenvalue weighted by molar-refractivity contribution is 5.92. The zero-order chi connectivity index (χ0) is 14.7. The summed E-state index contributed by atoms with van der Waals surface area (Å²) >= 11 is 0. The lowest BCUT2D eigenvalue weighted by Crippen LogP contribution is -2.31. The van der Waals surface area contributed by atoms with Gasteiger partial charge >= 0.3 is 0 Å².